The highest BCUT2D eigenvalue weighted by Crippen LogP contribution is 2.14. The first kappa shape index (κ1) is 16.9. The molecule has 1 aromatic rings. The molecule has 0 unspecified atom stereocenters. The van der Waals surface area contributed by atoms with Gasteiger partial charge in [0.15, 0.2) is 0 Å². The summed E-state index contributed by atoms with van der Waals surface area (Å²) in [7, 11) is 1.65. The number of carbonyl (C=O) groups excluding carboxylic acids is 1. The molecule has 0 saturated carbocycles. The topological polar surface area (TPSA) is 111 Å². The summed E-state index contributed by atoms with van der Waals surface area (Å²) in [5, 5.41) is 18.1. The molecule has 1 heterocycles. The lowest BCUT2D eigenvalue weighted by molar-refractivity contribution is -0.138. The number of carbonyl (C=O) groups is 2. The van der Waals surface area contributed by atoms with Crippen molar-refractivity contribution >= 4 is 12.0 Å². The molecule has 1 atom stereocenters. The number of urea groups is 1. The summed E-state index contributed by atoms with van der Waals surface area (Å²) in [5.74, 6) is 0.0742. The summed E-state index contributed by atoms with van der Waals surface area (Å²) >= 11 is 0. The Hall–Kier alpha value is -2.12. The smallest absolute Gasteiger partial charge is 0.317 e. The van der Waals surface area contributed by atoms with Crippen LogP contribution in [0.25, 0.3) is 0 Å². The fourth-order valence-electron chi connectivity index (χ4n) is 2.12. The van der Waals surface area contributed by atoms with Gasteiger partial charge in [-0.1, -0.05) is 13.8 Å². The lowest BCUT2D eigenvalue weighted by Crippen LogP contribution is -2.40. The lowest BCUT2D eigenvalue weighted by Gasteiger charge is -2.21. The number of hydrogen-bond acceptors (Lipinski definition) is 4. The van der Waals surface area contributed by atoms with Gasteiger partial charge in [-0.3, -0.25) is 9.89 Å². The standard InChI is InChI=1S/C13H23N5O3/c1-9(2)4-10(5-12(19)20)6-14-13(21)18(3)7-11-15-8-16-17-11/h8-10H,4-7H2,1-3H3,(H,14,21)(H,19,20)(H,15,16,17)/t10-/m0/s1. The van der Waals surface area contributed by atoms with E-state index in [2.05, 4.69) is 20.5 Å². The highest BCUT2D eigenvalue weighted by Gasteiger charge is 2.17. The van der Waals surface area contributed by atoms with Crippen molar-refractivity contribution in [2.45, 2.75) is 33.2 Å². The number of aromatic nitrogens is 3. The van der Waals surface area contributed by atoms with Crippen LogP contribution in [0.15, 0.2) is 6.33 Å². The van der Waals surface area contributed by atoms with Gasteiger partial charge in [0.05, 0.1) is 6.54 Å². The van der Waals surface area contributed by atoms with Gasteiger partial charge in [0.2, 0.25) is 0 Å². The zero-order valence-corrected chi connectivity index (χ0v) is 12.7. The van der Waals surface area contributed by atoms with Crippen molar-refractivity contribution < 1.29 is 14.7 Å². The van der Waals surface area contributed by atoms with E-state index >= 15 is 0 Å². The maximum absolute atomic E-state index is 12.0. The third kappa shape index (κ3) is 6.73. The maximum atomic E-state index is 12.0. The number of carboxylic acid groups (broad SMARTS) is 1. The molecular weight excluding hydrogens is 274 g/mol. The van der Waals surface area contributed by atoms with Crippen molar-refractivity contribution in [3.05, 3.63) is 12.2 Å². The van der Waals surface area contributed by atoms with Gasteiger partial charge in [-0.25, -0.2) is 9.78 Å². The molecule has 1 rings (SSSR count). The van der Waals surface area contributed by atoms with E-state index in [1.54, 1.807) is 7.05 Å². The first-order valence-electron chi connectivity index (χ1n) is 6.93. The fourth-order valence-corrected chi connectivity index (χ4v) is 2.12. The highest BCUT2D eigenvalue weighted by molar-refractivity contribution is 5.74. The number of amides is 2. The summed E-state index contributed by atoms with van der Waals surface area (Å²) < 4.78 is 0. The van der Waals surface area contributed by atoms with E-state index in [0.717, 1.165) is 6.42 Å². The largest absolute Gasteiger partial charge is 0.481 e. The van der Waals surface area contributed by atoms with Crippen LogP contribution < -0.4 is 5.32 Å². The van der Waals surface area contributed by atoms with E-state index in [-0.39, 0.29) is 18.4 Å². The van der Waals surface area contributed by atoms with Gasteiger partial charge >= 0.3 is 12.0 Å². The van der Waals surface area contributed by atoms with Crippen LogP contribution in [0.4, 0.5) is 4.79 Å². The minimum absolute atomic E-state index is 0.0598. The zero-order valence-electron chi connectivity index (χ0n) is 12.7. The molecule has 0 aliphatic rings. The average molecular weight is 297 g/mol. The Morgan fingerprint density at radius 3 is 2.71 bits per heavy atom. The molecule has 0 radical (unpaired) electrons. The third-order valence-corrected chi connectivity index (χ3v) is 3.01. The fraction of sp³-hybridized carbons (Fsp3) is 0.692. The highest BCUT2D eigenvalue weighted by atomic mass is 16.4. The van der Waals surface area contributed by atoms with Crippen molar-refractivity contribution in [2.75, 3.05) is 13.6 Å². The van der Waals surface area contributed by atoms with Gasteiger partial charge in [0, 0.05) is 20.0 Å². The number of aromatic amines is 1. The first-order chi connectivity index (χ1) is 9.88. The van der Waals surface area contributed by atoms with Crippen molar-refractivity contribution in [1.29, 1.82) is 0 Å². The molecule has 0 aliphatic heterocycles. The Morgan fingerprint density at radius 1 is 1.48 bits per heavy atom. The quantitative estimate of drug-likeness (QED) is 0.665. The van der Waals surface area contributed by atoms with Crippen LogP contribution >= 0.6 is 0 Å². The molecule has 1 aromatic heterocycles. The normalized spacial score (nSPS) is 12.2. The molecular formula is C13H23N5O3. The van der Waals surface area contributed by atoms with Crippen molar-refractivity contribution in [3.63, 3.8) is 0 Å². The van der Waals surface area contributed by atoms with Gasteiger partial charge in [-0.15, -0.1) is 0 Å². The molecule has 0 aliphatic carbocycles. The Morgan fingerprint density at radius 2 is 2.19 bits per heavy atom. The minimum Gasteiger partial charge on any atom is -0.481 e. The molecule has 118 valence electrons. The van der Waals surface area contributed by atoms with E-state index < -0.39 is 5.97 Å². The van der Waals surface area contributed by atoms with E-state index in [0.29, 0.717) is 24.8 Å². The van der Waals surface area contributed by atoms with Crippen LogP contribution in [0.2, 0.25) is 0 Å². The van der Waals surface area contributed by atoms with Crippen LogP contribution in [0, 0.1) is 11.8 Å². The summed E-state index contributed by atoms with van der Waals surface area (Å²) in [5.41, 5.74) is 0. The Kier molecular flexibility index (Phi) is 6.64. The minimum atomic E-state index is -0.843. The van der Waals surface area contributed by atoms with Gasteiger partial charge < -0.3 is 15.3 Å². The van der Waals surface area contributed by atoms with Crippen LogP contribution in [0.5, 0.6) is 0 Å². The number of nitrogens with one attached hydrogen (secondary N) is 2. The Bertz CT molecular complexity index is 447. The number of H-pyrrole nitrogens is 1. The van der Waals surface area contributed by atoms with Gasteiger partial charge in [0.25, 0.3) is 0 Å². The summed E-state index contributed by atoms with van der Waals surface area (Å²) in [6.45, 7) is 4.74. The second kappa shape index (κ2) is 8.23. The molecule has 8 heteroatoms. The number of hydrogen-bond donors (Lipinski definition) is 3. The summed E-state index contributed by atoms with van der Waals surface area (Å²) in [4.78, 5) is 28.2. The monoisotopic (exact) mass is 297 g/mol. The molecule has 2 amide bonds. The molecule has 0 aromatic carbocycles. The molecule has 0 spiro atoms. The van der Waals surface area contributed by atoms with Gasteiger partial charge in [-0.05, 0) is 18.3 Å². The van der Waals surface area contributed by atoms with E-state index in [1.165, 1.54) is 11.2 Å². The summed E-state index contributed by atoms with van der Waals surface area (Å²) in [6.07, 6.45) is 2.20. The lowest BCUT2D eigenvalue weighted by atomic mass is 9.94. The second-order valence-corrected chi connectivity index (χ2v) is 5.57. The van der Waals surface area contributed by atoms with Crippen molar-refractivity contribution in [3.8, 4) is 0 Å². The molecule has 3 N–H and O–H groups in total. The van der Waals surface area contributed by atoms with Crippen LogP contribution in [0.3, 0.4) is 0 Å². The van der Waals surface area contributed by atoms with Crippen LogP contribution in [0.1, 0.15) is 32.5 Å². The summed E-state index contributed by atoms with van der Waals surface area (Å²) in [6, 6.07) is -0.259. The SMILES string of the molecule is CC(C)C[C@H](CNC(=O)N(C)Cc1ncn[nH]1)CC(=O)O. The van der Waals surface area contributed by atoms with E-state index in [1.807, 2.05) is 13.8 Å². The Balaban J connectivity index is 2.42. The van der Waals surface area contributed by atoms with Gasteiger partial charge in [0.1, 0.15) is 12.2 Å². The van der Waals surface area contributed by atoms with Crippen molar-refractivity contribution in [1.82, 2.24) is 25.4 Å². The number of aliphatic carboxylic acids is 1. The third-order valence-electron chi connectivity index (χ3n) is 3.01. The number of carboxylic acids is 1. The predicted octanol–water partition coefficient (Wildman–Crippen LogP) is 1.08. The molecule has 0 bridgehead atoms. The number of rotatable bonds is 8. The van der Waals surface area contributed by atoms with Crippen LogP contribution in [-0.2, 0) is 11.3 Å². The molecule has 8 nitrogen and oxygen atoms in total. The first-order valence-corrected chi connectivity index (χ1v) is 6.93. The van der Waals surface area contributed by atoms with E-state index in [4.69, 9.17) is 5.11 Å². The molecule has 0 fully saturated rings. The maximum Gasteiger partial charge on any atom is 0.317 e. The van der Waals surface area contributed by atoms with Crippen LogP contribution in [-0.4, -0.2) is 50.8 Å². The number of nitrogens with zero attached hydrogens (tertiary/aromatic N) is 3. The van der Waals surface area contributed by atoms with E-state index in [9.17, 15) is 9.59 Å². The molecule has 21 heavy (non-hydrogen) atoms. The molecule has 0 saturated heterocycles. The second-order valence-electron chi connectivity index (χ2n) is 5.57. The Labute approximate surface area is 123 Å². The van der Waals surface area contributed by atoms with Crippen molar-refractivity contribution in [2.24, 2.45) is 11.8 Å². The average Bonchev–Trinajstić information content (AvgIpc) is 2.86. The predicted molar refractivity (Wildman–Crippen MR) is 76.4 cm³/mol. The van der Waals surface area contributed by atoms with Gasteiger partial charge in [-0.2, -0.15) is 5.10 Å². The zero-order chi connectivity index (χ0) is 15.8.